The minimum atomic E-state index is -0.428. The highest BCUT2D eigenvalue weighted by molar-refractivity contribution is 6.34. The molecule has 0 saturated heterocycles. The standard InChI is InChI=1S/C18H15ClFN3O/c1-11-15(10-23(2)22-11)13-8-7-12(9-17(13)20)21-18(24)14-5-3-4-6-16(14)19/h3-10H,1-2H3,(H,21,24). The first kappa shape index (κ1) is 16.2. The number of nitrogens with zero attached hydrogens (tertiary/aromatic N) is 2. The fourth-order valence-electron chi connectivity index (χ4n) is 2.52. The molecule has 0 spiro atoms. The molecule has 122 valence electrons. The predicted molar refractivity (Wildman–Crippen MR) is 92.7 cm³/mol. The van der Waals surface area contributed by atoms with E-state index in [0.29, 0.717) is 21.8 Å². The number of aromatic nitrogens is 2. The van der Waals surface area contributed by atoms with Gasteiger partial charge in [-0.15, -0.1) is 0 Å². The lowest BCUT2D eigenvalue weighted by molar-refractivity contribution is 0.102. The lowest BCUT2D eigenvalue weighted by Crippen LogP contribution is -2.12. The number of benzene rings is 2. The van der Waals surface area contributed by atoms with Crippen molar-refractivity contribution in [3.05, 3.63) is 70.8 Å². The summed E-state index contributed by atoms with van der Waals surface area (Å²) in [6.07, 6.45) is 1.76. The van der Waals surface area contributed by atoms with Crippen LogP contribution in [0, 0.1) is 12.7 Å². The summed E-state index contributed by atoms with van der Waals surface area (Å²) in [6.45, 7) is 1.82. The Hall–Kier alpha value is -2.66. The van der Waals surface area contributed by atoms with Crippen LogP contribution in [0.2, 0.25) is 5.02 Å². The quantitative estimate of drug-likeness (QED) is 0.764. The molecule has 1 amide bonds. The van der Waals surface area contributed by atoms with E-state index >= 15 is 0 Å². The maximum absolute atomic E-state index is 14.4. The van der Waals surface area contributed by atoms with Crippen molar-refractivity contribution in [3.8, 4) is 11.1 Å². The Morgan fingerprint density at radius 2 is 1.96 bits per heavy atom. The van der Waals surface area contributed by atoms with Gasteiger partial charge in [0.1, 0.15) is 5.82 Å². The van der Waals surface area contributed by atoms with Gasteiger partial charge in [0, 0.05) is 30.1 Å². The molecule has 0 aliphatic carbocycles. The molecule has 0 bridgehead atoms. The fourth-order valence-corrected chi connectivity index (χ4v) is 2.74. The van der Waals surface area contributed by atoms with E-state index in [-0.39, 0.29) is 5.91 Å². The molecule has 0 aliphatic rings. The molecule has 24 heavy (non-hydrogen) atoms. The van der Waals surface area contributed by atoms with Gasteiger partial charge < -0.3 is 5.32 Å². The van der Waals surface area contributed by atoms with E-state index in [1.165, 1.54) is 6.07 Å². The average Bonchev–Trinajstić information content (AvgIpc) is 2.86. The highest BCUT2D eigenvalue weighted by Gasteiger charge is 2.14. The van der Waals surface area contributed by atoms with E-state index in [1.54, 1.807) is 54.3 Å². The first-order valence-electron chi connectivity index (χ1n) is 7.32. The molecular formula is C18H15ClFN3O. The topological polar surface area (TPSA) is 46.9 Å². The van der Waals surface area contributed by atoms with Crippen molar-refractivity contribution in [3.63, 3.8) is 0 Å². The largest absolute Gasteiger partial charge is 0.322 e. The minimum Gasteiger partial charge on any atom is -0.322 e. The number of nitrogens with one attached hydrogen (secondary N) is 1. The van der Waals surface area contributed by atoms with E-state index in [0.717, 1.165) is 11.3 Å². The summed E-state index contributed by atoms with van der Waals surface area (Å²) in [5.41, 5.74) is 2.61. The number of hydrogen-bond donors (Lipinski definition) is 1. The van der Waals surface area contributed by atoms with Gasteiger partial charge in [-0.2, -0.15) is 5.10 Å². The zero-order valence-corrected chi connectivity index (χ0v) is 13.9. The van der Waals surface area contributed by atoms with Gasteiger partial charge in [-0.25, -0.2) is 4.39 Å². The molecule has 0 saturated carbocycles. The molecule has 4 nitrogen and oxygen atoms in total. The van der Waals surface area contributed by atoms with Crippen molar-refractivity contribution < 1.29 is 9.18 Å². The SMILES string of the molecule is Cc1nn(C)cc1-c1ccc(NC(=O)c2ccccc2Cl)cc1F. The van der Waals surface area contributed by atoms with Crippen LogP contribution in [-0.4, -0.2) is 15.7 Å². The molecule has 1 N–H and O–H groups in total. The molecule has 0 radical (unpaired) electrons. The number of rotatable bonds is 3. The first-order chi connectivity index (χ1) is 11.5. The number of anilines is 1. The molecule has 1 heterocycles. The normalized spacial score (nSPS) is 10.7. The summed E-state index contributed by atoms with van der Waals surface area (Å²) >= 11 is 6.00. The molecule has 2 aromatic carbocycles. The van der Waals surface area contributed by atoms with Crippen molar-refractivity contribution >= 4 is 23.2 Å². The summed E-state index contributed by atoms with van der Waals surface area (Å²) in [5.74, 6) is -0.812. The van der Waals surface area contributed by atoms with Crippen molar-refractivity contribution in [1.29, 1.82) is 0 Å². The summed E-state index contributed by atoms with van der Waals surface area (Å²) in [7, 11) is 1.78. The van der Waals surface area contributed by atoms with Gasteiger partial charge in [-0.3, -0.25) is 9.48 Å². The molecule has 3 aromatic rings. The second kappa shape index (κ2) is 6.45. The highest BCUT2D eigenvalue weighted by atomic mass is 35.5. The van der Waals surface area contributed by atoms with Gasteiger partial charge in [-0.05, 0) is 37.3 Å². The zero-order chi connectivity index (χ0) is 17.3. The van der Waals surface area contributed by atoms with Crippen LogP contribution in [0.1, 0.15) is 16.1 Å². The molecule has 0 fully saturated rings. The van der Waals surface area contributed by atoms with E-state index in [2.05, 4.69) is 10.4 Å². The molecule has 0 unspecified atom stereocenters. The van der Waals surface area contributed by atoms with Crippen LogP contribution in [0.5, 0.6) is 0 Å². The lowest BCUT2D eigenvalue weighted by Gasteiger charge is -2.09. The highest BCUT2D eigenvalue weighted by Crippen LogP contribution is 2.27. The molecule has 3 rings (SSSR count). The van der Waals surface area contributed by atoms with Crippen molar-refractivity contribution in [2.45, 2.75) is 6.92 Å². The Balaban J connectivity index is 1.86. The van der Waals surface area contributed by atoms with Crippen molar-refractivity contribution in [2.24, 2.45) is 7.05 Å². The van der Waals surface area contributed by atoms with Crippen LogP contribution in [0.3, 0.4) is 0 Å². The number of carbonyl (C=O) groups excluding carboxylic acids is 1. The summed E-state index contributed by atoms with van der Waals surface area (Å²) < 4.78 is 16.1. The summed E-state index contributed by atoms with van der Waals surface area (Å²) in [4.78, 5) is 12.2. The monoisotopic (exact) mass is 343 g/mol. The third kappa shape index (κ3) is 3.16. The second-order valence-corrected chi connectivity index (χ2v) is 5.84. The number of amides is 1. The Kier molecular flexibility index (Phi) is 4.36. The maximum atomic E-state index is 14.4. The molecule has 0 atom stereocenters. The third-order valence-corrected chi connectivity index (χ3v) is 3.98. The first-order valence-corrected chi connectivity index (χ1v) is 7.69. The second-order valence-electron chi connectivity index (χ2n) is 5.43. The number of hydrogen-bond acceptors (Lipinski definition) is 2. The van der Waals surface area contributed by atoms with Gasteiger partial charge in [0.15, 0.2) is 0 Å². The van der Waals surface area contributed by atoms with Crippen LogP contribution >= 0.6 is 11.6 Å². The Labute approximate surface area is 143 Å². The van der Waals surface area contributed by atoms with Gasteiger partial charge in [0.05, 0.1) is 16.3 Å². The van der Waals surface area contributed by atoms with Crippen LogP contribution in [0.15, 0.2) is 48.7 Å². The predicted octanol–water partition coefficient (Wildman–Crippen LogP) is 4.44. The molecule has 6 heteroatoms. The summed E-state index contributed by atoms with van der Waals surface area (Å²) in [6, 6.07) is 11.3. The fraction of sp³-hybridized carbons (Fsp3) is 0.111. The zero-order valence-electron chi connectivity index (χ0n) is 13.2. The maximum Gasteiger partial charge on any atom is 0.257 e. The van der Waals surface area contributed by atoms with Crippen LogP contribution in [0.4, 0.5) is 10.1 Å². The van der Waals surface area contributed by atoms with E-state index in [9.17, 15) is 9.18 Å². The Morgan fingerprint density at radius 3 is 2.58 bits per heavy atom. The molecule has 1 aromatic heterocycles. The van der Waals surface area contributed by atoms with Crippen LogP contribution < -0.4 is 5.32 Å². The average molecular weight is 344 g/mol. The van der Waals surface area contributed by atoms with E-state index < -0.39 is 5.82 Å². The van der Waals surface area contributed by atoms with Crippen molar-refractivity contribution in [2.75, 3.05) is 5.32 Å². The Morgan fingerprint density at radius 1 is 1.21 bits per heavy atom. The van der Waals surface area contributed by atoms with Gasteiger partial charge in [0.25, 0.3) is 5.91 Å². The van der Waals surface area contributed by atoms with E-state index in [4.69, 9.17) is 11.6 Å². The van der Waals surface area contributed by atoms with Crippen LogP contribution in [0.25, 0.3) is 11.1 Å². The summed E-state index contributed by atoms with van der Waals surface area (Å²) in [5, 5.41) is 7.21. The van der Waals surface area contributed by atoms with Gasteiger partial charge in [-0.1, -0.05) is 23.7 Å². The third-order valence-electron chi connectivity index (χ3n) is 3.65. The smallest absolute Gasteiger partial charge is 0.257 e. The van der Waals surface area contributed by atoms with Crippen molar-refractivity contribution in [1.82, 2.24) is 9.78 Å². The van der Waals surface area contributed by atoms with Gasteiger partial charge >= 0.3 is 0 Å². The lowest BCUT2D eigenvalue weighted by atomic mass is 10.1. The van der Waals surface area contributed by atoms with E-state index in [1.807, 2.05) is 6.92 Å². The number of carbonyl (C=O) groups is 1. The van der Waals surface area contributed by atoms with Crippen LogP contribution in [-0.2, 0) is 7.05 Å². The Bertz CT molecular complexity index is 920. The minimum absolute atomic E-state index is 0.340. The molecular weight excluding hydrogens is 329 g/mol. The molecule has 0 aliphatic heterocycles. The number of halogens is 2. The van der Waals surface area contributed by atoms with Gasteiger partial charge in [0.2, 0.25) is 0 Å². The number of aryl methyl sites for hydroxylation is 2.